The fourth-order valence-corrected chi connectivity index (χ4v) is 3.21. The summed E-state index contributed by atoms with van der Waals surface area (Å²) in [5.41, 5.74) is 7.61. The van der Waals surface area contributed by atoms with Gasteiger partial charge in [0.15, 0.2) is 0 Å². The summed E-state index contributed by atoms with van der Waals surface area (Å²) in [6.45, 7) is 4.91. The number of carbonyl (C=O) groups excluding carboxylic acids is 1. The molecule has 3 atom stereocenters. The number of anilines is 1. The van der Waals surface area contributed by atoms with Crippen molar-refractivity contribution in [3.05, 3.63) is 29.8 Å². The van der Waals surface area contributed by atoms with E-state index in [9.17, 15) is 4.79 Å². The number of benzene rings is 1. The summed E-state index contributed by atoms with van der Waals surface area (Å²) in [6, 6.07) is 7.77. The monoisotopic (exact) mass is 318 g/mol. The summed E-state index contributed by atoms with van der Waals surface area (Å²) in [6.07, 6.45) is 6.10. The molecule has 0 spiro atoms. The first-order valence-electron chi connectivity index (χ1n) is 8.86. The van der Waals surface area contributed by atoms with Gasteiger partial charge in [0, 0.05) is 12.2 Å². The lowest BCUT2D eigenvalue weighted by atomic mass is 9.88. The van der Waals surface area contributed by atoms with Gasteiger partial charge < -0.3 is 15.8 Å². The van der Waals surface area contributed by atoms with E-state index in [1.807, 2.05) is 31.2 Å². The van der Waals surface area contributed by atoms with Gasteiger partial charge in [-0.2, -0.15) is 0 Å². The third kappa shape index (κ3) is 5.87. The fourth-order valence-electron chi connectivity index (χ4n) is 3.21. The minimum atomic E-state index is -0.322. The molecule has 4 heteroatoms. The van der Waals surface area contributed by atoms with Gasteiger partial charge in [0.25, 0.3) is 0 Å². The van der Waals surface area contributed by atoms with E-state index >= 15 is 0 Å². The van der Waals surface area contributed by atoms with Gasteiger partial charge in [-0.1, -0.05) is 38.8 Å². The van der Waals surface area contributed by atoms with Crippen LogP contribution in [0.1, 0.15) is 51.5 Å². The number of nitrogen functional groups attached to an aromatic ring is 1. The minimum absolute atomic E-state index is 0.0150. The van der Waals surface area contributed by atoms with Gasteiger partial charge in [0.1, 0.15) is 6.10 Å². The van der Waals surface area contributed by atoms with E-state index < -0.39 is 0 Å². The summed E-state index contributed by atoms with van der Waals surface area (Å²) in [7, 11) is 0. The van der Waals surface area contributed by atoms with Crippen molar-refractivity contribution in [2.75, 3.05) is 12.3 Å². The van der Waals surface area contributed by atoms with E-state index in [0.29, 0.717) is 12.5 Å². The van der Waals surface area contributed by atoms with Crippen molar-refractivity contribution in [2.24, 2.45) is 5.92 Å². The van der Waals surface area contributed by atoms with Crippen LogP contribution in [0.5, 0.6) is 0 Å². The molecule has 1 saturated carbocycles. The van der Waals surface area contributed by atoms with Crippen LogP contribution in [0.2, 0.25) is 0 Å². The van der Waals surface area contributed by atoms with Gasteiger partial charge in [-0.05, 0) is 49.3 Å². The molecule has 2 rings (SSSR count). The molecule has 128 valence electrons. The summed E-state index contributed by atoms with van der Waals surface area (Å²) in [5, 5.41) is 3.00. The van der Waals surface area contributed by atoms with Crippen molar-refractivity contribution in [3.8, 4) is 0 Å². The number of nitrogens with one attached hydrogen (secondary N) is 1. The van der Waals surface area contributed by atoms with Crippen molar-refractivity contribution in [3.63, 3.8) is 0 Å². The van der Waals surface area contributed by atoms with E-state index in [-0.39, 0.29) is 18.1 Å². The van der Waals surface area contributed by atoms with Crippen LogP contribution in [-0.2, 0) is 16.0 Å². The number of nitrogens with two attached hydrogens (primary N) is 1. The Hall–Kier alpha value is -1.55. The molecule has 1 aliphatic carbocycles. The predicted molar refractivity (Wildman–Crippen MR) is 94.2 cm³/mol. The quantitative estimate of drug-likeness (QED) is 0.758. The summed E-state index contributed by atoms with van der Waals surface area (Å²) >= 11 is 0. The lowest BCUT2D eigenvalue weighted by Crippen LogP contribution is -2.40. The highest BCUT2D eigenvalue weighted by atomic mass is 16.5. The van der Waals surface area contributed by atoms with Crippen LogP contribution >= 0.6 is 0 Å². The molecule has 1 aromatic carbocycles. The Kier molecular flexibility index (Phi) is 6.90. The van der Waals surface area contributed by atoms with E-state index in [4.69, 9.17) is 10.5 Å². The number of hydrogen-bond acceptors (Lipinski definition) is 3. The highest BCUT2D eigenvalue weighted by Gasteiger charge is 2.25. The van der Waals surface area contributed by atoms with Crippen LogP contribution in [0.25, 0.3) is 0 Å². The average Bonchev–Trinajstić information content (AvgIpc) is 2.54. The summed E-state index contributed by atoms with van der Waals surface area (Å²) < 4.78 is 6.06. The Labute approximate surface area is 139 Å². The molecule has 1 aromatic rings. The lowest BCUT2D eigenvalue weighted by molar-refractivity contribution is -0.139. The number of ether oxygens (including phenoxy) is 1. The Morgan fingerprint density at radius 3 is 2.74 bits per heavy atom. The molecule has 0 bridgehead atoms. The number of hydrogen-bond donors (Lipinski definition) is 2. The van der Waals surface area contributed by atoms with Crippen molar-refractivity contribution >= 4 is 11.6 Å². The zero-order chi connectivity index (χ0) is 16.7. The van der Waals surface area contributed by atoms with Crippen molar-refractivity contribution in [1.29, 1.82) is 0 Å². The van der Waals surface area contributed by atoms with E-state index in [1.54, 1.807) is 0 Å². The van der Waals surface area contributed by atoms with E-state index in [1.165, 1.54) is 18.4 Å². The minimum Gasteiger partial charge on any atom is -0.399 e. The molecule has 3 unspecified atom stereocenters. The lowest BCUT2D eigenvalue weighted by Gasteiger charge is -2.29. The molecule has 0 aliphatic heterocycles. The van der Waals surface area contributed by atoms with Gasteiger partial charge >= 0.3 is 0 Å². The number of rotatable bonds is 7. The van der Waals surface area contributed by atoms with Gasteiger partial charge in [-0.15, -0.1) is 0 Å². The van der Waals surface area contributed by atoms with Crippen LogP contribution in [0.3, 0.4) is 0 Å². The van der Waals surface area contributed by atoms with Gasteiger partial charge in [-0.3, -0.25) is 4.79 Å². The molecule has 3 N–H and O–H groups in total. The number of amides is 1. The van der Waals surface area contributed by atoms with E-state index in [2.05, 4.69) is 12.2 Å². The fraction of sp³-hybridized carbons (Fsp3) is 0.632. The van der Waals surface area contributed by atoms with Crippen LogP contribution in [0, 0.1) is 5.92 Å². The second-order valence-corrected chi connectivity index (χ2v) is 6.71. The molecule has 23 heavy (non-hydrogen) atoms. The van der Waals surface area contributed by atoms with Gasteiger partial charge in [0.05, 0.1) is 6.10 Å². The molecular weight excluding hydrogens is 288 g/mol. The smallest absolute Gasteiger partial charge is 0.249 e. The van der Waals surface area contributed by atoms with Crippen LogP contribution < -0.4 is 11.1 Å². The second-order valence-electron chi connectivity index (χ2n) is 6.71. The topological polar surface area (TPSA) is 64.3 Å². The molecule has 0 aromatic heterocycles. The first-order chi connectivity index (χ1) is 11.1. The third-order valence-corrected chi connectivity index (χ3v) is 4.60. The third-order valence-electron chi connectivity index (χ3n) is 4.60. The zero-order valence-electron chi connectivity index (χ0n) is 14.4. The Balaban J connectivity index is 1.74. The standard InChI is InChI=1S/C19H30N2O2/c1-3-18(23-17-6-4-5-14(2)13-17)19(22)21-12-11-15-7-9-16(20)10-8-15/h7-10,14,17-18H,3-6,11-13,20H2,1-2H3,(H,21,22). The molecule has 0 heterocycles. The average molecular weight is 318 g/mol. The molecule has 0 saturated heterocycles. The summed E-state index contributed by atoms with van der Waals surface area (Å²) in [4.78, 5) is 12.3. The zero-order valence-corrected chi connectivity index (χ0v) is 14.4. The molecule has 1 aliphatic rings. The SMILES string of the molecule is CCC(OC1CCCC(C)C1)C(=O)NCCc1ccc(N)cc1. The van der Waals surface area contributed by atoms with Crippen molar-refractivity contribution in [2.45, 2.75) is 64.6 Å². The Morgan fingerprint density at radius 2 is 2.09 bits per heavy atom. The normalized spacial score (nSPS) is 22.5. The first-order valence-corrected chi connectivity index (χ1v) is 8.86. The van der Waals surface area contributed by atoms with E-state index in [0.717, 1.165) is 31.4 Å². The summed E-state index contributed by atoms with van der Waals surface area (Å²) in [5.74, 6) is 0.723. The maximum atomic E-state index is 12.3. The second kappa shape index (κ2) is 8.92. The highest BCUT2D eigenvalue weighted by molar-refractivity contribution is 5.80. The highest BCUT2D eigenvalue weighted by Crippen LogP contribution is 2.26. The molecule has 1 amide bonds. The van der Waals surface area contributed by atoms with Crippen molar-refractivity contribution in [1.82, 2.24) is 5.32 Å². The van der Waals surface area contributed by atoms with Crippen LogP contribution in [0.4, 0.5) is 5.69 Å². The molecule has 1 fully saturated rings. The van der Waals surface area contributed by atoms with Crippen LogP contribution in [0.15, 0.2) is 24.3 Å². The molecule has 4 nitrogen and oxygen atoms in total. The number of carbonyl (C=O) groups is 1. The van der Waals surface area contributed by atoms with Gasteiger partial charge in [-0.25, -0.2) is 0 Å². The first kappa shape index (κ1) is 17.8. The predicted octanol–water partition coefficient (Wildman–Crippen LogP) is 3.30. The molecule has 0 radical (unpaired) electrons. The maximum Gasteiger partial charge on any atom is 0.249 e. The van der Waals surface area contributed by atoms with Crippen molar-refractivity contribution < 1.29 is 9.53 Å². The Morgan fingerprint density at radius 1 is 1.35 bits per heavy atom. The Bertz CT molecular complexity index is 487. The van der Waals surface area contributed by atoms with Crippen LogP contribution in [-0.4, -0.2) is 24.7 Å². The largest absolute Gasteiger partial charge is 0.399 e. The van der Waals surface area contributed by atoms with Gasteiger partial charge in [0.2, 0.25) is 5.91 Å². The molecular formula is C19H30N2O2. The maximum absolute atomic E-state index is 12.3.